The Labute approximate surface area is 214 Å². The standard InChI is InChI=1S/C29H28ClNO2.C2H6/c1-5-21(26(6-2)29(3,4)33)13-17-28(32)23-9-7-8-20(18-23)10-15-25-16-12-22-11-14-24(30)19-27(22)31-25;1-2/h5-12,14-16,18-19,33H,1-2,13,17H2,3-4H3;1-2H3/b15-10+,26-21-;. The molecule has 2 aromatic carbocycles. The van der Waals surface area contributed by atoms with E-state index in [4.69, 9.17) is 11.6 Å². The molecule has 182 valence electrons. The van der Waals surface area contributed by atoms with Gasteiger partial charge in [0.1, 0.15) is 0 Å². The van der Waals surface area contributed by atoms with Gasteiger partial charge in [-0.15, -0.1) is 0 Å². The molecule has 1 N–H and O–H groups in total. The average Bonchev–Trinajstić information content (AvgIpc) is 2.85. The van der Waals surface area contributed by atoms with Crippen LogP contribution in [0.15, 0.2) is 91.1 Å². The molecule has 3 nitrogen and oxygen atoms in total. The van der Waals surface area contributed by atoms with Crippen LogP contribution in [0.4, 0.5) is 0 Å². The summed E-state index contributed by atoms with van der Waals surface area (Å²) in [7, 11) is 0. The largest absolute Gasteiger partial charge is 0.386 e. The van der Waals surface area contributed by atoms with E-state index in [1.54, 1.807) is 26.0 Å². The third-order valence-electron chi connectivity index (χ3n) is 5.41. The van der Waals surface area contributed by atoms with Crippen LogP contribution in [0.5, 0.6) is 0 Å². The lowest BCUT2D eigenvalue weighted by Gasteiger charge is -2.22. The van der Waals surface area contributed by atoms with Gasteiger partial charge < -0.3 is 5.11 Å². The van der Waals surface area contributed by atoms with Crippen molar-refractivity contribution in [1.29, 1.82) is 0 Å². The summed E-state index contributed by atoms with van der Waals surface area (Å²) in [6, 6.07) is 17.1. The van der Waals surface area contributed by atoms with Crippen molar-refractivity contribution in [2.45, 2.75) is 46.1 Å². The number of carbonyl (C=O) groups is 1. The van der Waals surface area contributed by atoms with Crippen LogP contribution < -0.4 is 0 Å². The minimum atomic E-state index is -1.04. The molecule has 0 bridgehead atoms. The Morgan fingerprint density at radius 1 is 1.00 bits per heavy atom. The van der Waals surface area contributed by atoms with E-state index in [-0.39, 0.29) is 5.78 Å². The van der Waals surface area contributed by atoms with E-state index in [0.29, 0.717) is 29.0 Å². The van der Waals surface area contributed by atoms with Crippen LogP contribution in [0.2, 0.25) is 5.02 Å². The molecule has 1 heterocycles. The van der Waals surface area contributed by atoms with Crippen molar-refractivity contribution in [1.82, 2.24) is 4.98 Å². The molecule has 3 aromatic rings. The summed E-state index contributed by atoms with van der Waals surface area (Å²) in [6.45, 7) is 15.0. The Morgan fingerprint density at radius 2 is 1.71 bits per heavy atom. The molecule has 0 spiro atoms. The molecule has 0 aliphatic rings. The molecule has 0 saturated carbocycles. The number of fused-ring (bicyclic) bond motifs is 1. The average molecular weight is 488 g/mol. The van der Waals surface area contributed by atoms with Gasteiger partial charge in [0.15, 0.2) is 5.78 Å². The van der Waals surface area contributed by atoms with Crippen molar-refractivity contribution in [3.63, 3.8) is 0 Å². The number of hydrogen-bond acceptors (Lipinski definition) is 3. The highest BCUT2D eigenvalue weighted by atomic mass is 35.5. The number of pyridine rings is 1. The van der Waals surface area contributed by atoms with Gasteiger partial charge in [0.2, 0.25) is 0 Å². The van der Waals surface area contributed by atoms with E-state index in [2.05, 4.69) is 18.1 Å². The van der Waals surface area contributed by atoms with Crippen LogP contribution in [-0.4, -0.2) is 21.5 Å². The second kappa shape index (κ2) is 13.0. The molecule has 0 fully saturated rings. The Hall–Kier alpha value is -3.27. The lowest BCUT2D eigenvalue weighted by atomic mass is 9.90. The fraction of sp³-hybridized carbons (Fsp3) is 0.226. The number of Topliss-reactive ketones (excluding diaryl/α,β-unsaturated/α-hetero) is 1. The normalized spacial score (nSPS) is 12.1. The minimum absolute atomic E-state index is 0.0298. The third-order valence-corrected chi connectivity index (χ3v) is 5.64. The third kappa shape index (κ3) is 7.88. The van der Waals surface area contributed by atoms with Crippen LogP contribution in [0.25, 0.3) is 23.1 Å². The highest BCUT2D eigenvalue weighted by Crippen LogP contribution is 2.25. The molecule has 0 aliphatic carbocycles. The van der Waals surface area contributed by atoms with E-state index in [9.17, 15) is 9.90 Å². The van der Waals surface area contributed by atoms with Crippen LogP contribution in [0, 0.1) is 0 Å². The first-order valence-electron chi connectivity index (χ1n) is 11.8. The van der Waals surface area contributed by atoms with E-state index >= 15 is 0 Å². The van der Waals surface area contributed by atoms with E-state index in [0.717, 1.165) is 27.7 Å². The fourth-order valence-corrected chi connectivity index (χ4v) is 3.88. The maximum absolute atomic E-state index is 12.8. The maximum atomic E-state index is 12.8. The molecule has 1 aromatic heterocycles. The zero-order valence-electron chi connectivity index (χ0n) is 21.0. The molecule has 0 saturated heterocycles. The van der Waals surface area contributed by atoms with Crippen molar-refractivity contribution in [3.8, 4) is 0 Å². The molecule has 0 radical (unpaired) electrons. The van der Waals surface area contributed by atoms with Gasteiger partial charge in [-0.1, -0.05) is 87.2 Å². The summed E-state index contributed by atoms with van der Waals surface area (Å²) in [6.07, 6.45) is 7.97. The molecule has 35 heavy (non-hydrogen) atoms. The first-order chi connectivity index (χ1) is 16.7. The number of aromatic nitrogens is 1. The van der Waals surface area contributed by atoms with Gasteiger partial charge >= 0.3 is 0 Å². The van der Waals surface area contributed by atoms with Crippen molar-refractivity contribution < 1.29 is 9.90 Å². The van der Waals surface area contributed by atoms with Crippen molar-refractivity contribution in [2.75, 3.05) is 0 Å². The van der Waals surface area contributed by atoms with Crippen LogP contribution in [-0.2, 0) is 0 Å². The lowest BCUT2D eigenvalue weighted by Crippen LogP contribution is -2.22. The summed E-state index contributed by atoms with van der Waals surface area (Å²) >= 11 is 6.08. The smallest absolute Gasteiger partial charge is 0.163 e. The Morgan fingerprint density at radius 3 is 2.37 bits per heavy atom. The first-order valence-corrected chi connectivity index (χ1v) is 12.2. The Kier molecular flexibility index (Phi) is 10.4. The van der Waals surface area contributed by atoms with E-state index < -0.39 is 5.60 Å². The van der Waals surface area contributed by atoms with Crippen LogP contribution >= 0.6 is 11.6 Å². The van der Waals surface area contributed by atoms with Crippen LogP contribution in [0.1, 0.15) is 62.2 Å². The van der Waals surface area contributed by atoms with Crippen LogP contribution in [0.3, 0.4) is 0 Å². The summed E-state index contributed by atoms with van der Waals surface area (Å²) < 4.78 is 0. The lowest BCUT2D eigenvalue weighted by molar-refractivity contribution is 0.0980. The summed E-state index contributed by atoms with van der Waals surface area (Å²) in [5.41, 5.74) is 3.67. The second-order valence-corrected chi connectivity index (χ2v) is 8.80. The summed E-state index contributed by atoms with van der Waals surface area (Å²) in [5.74, 6) is 0.0298. The number of nitrogens with zero attached hydrogens (tertiary/aromatic N) is 1. The minimum Gasteiger partial charge on any atom is -0.386 e. The van der Waals surface area contributed by atoms with Gasteiger partial charge in [0.25, 0.3) is 0 Å². The molecule has 0 unspecified atom stereocenters. The highest BCUT2D eigenvalue weighted by molar-refractivity contribution is 6.31. The number of carbonyl (C=O) groups excluding carboxylic acids is 1. The molecule has 0 aliphatic heterocycles. The zero-order chi connectivity index (χ0) is 26.0. The Bertz CT molecular complexity index is 1260. The first kappa shape index (κ1) is 28.0. The van der Waals surface area contributed by atoms with Crippen molar-refractivity contribution >= 4 is 40.4 Å². The second-order valence-electron chi connectivity index (χ2n) is 8.36. The highest BCUT2D eigenvalue weighted by Gasteiger charge is 2.20. The number of allylic oxidation sites excluding steroid dienone is 2. The number of aliphatic hydroxyl groups is 1. The molecular formula is C31H34ClNO2. The number of hydrogen-bond donors (Lipinski definition) is 1. The SMILES string of the molecule is C=C/C(CCC(=O)c1cccc(/C=C/c2ccc3ccc(Cl)cc3n2)c1)=C(\C=C)C(C)(C)O.CC. The van der Waals surface area contributed by atoms with E-state index in [1.165, 1.54) is 0 Å². The van der Waals surface area contributed by atoms with Gasteiger partial charge in [-0.2, -0.15) is 0 Å². The summed E-state index contributed by atoms with van der Waals surface area (Å²) in [5, 5.41) is 12.0. The quantitative estimate of drug-likeness (QED) is 0.243. The predicted molar refractivity (Wildman–Crippen MR) is 151 cm³/mol. The number of ketones is 1. The topological polar surface area (TPSA) is 50.2 Å². The molecule has 3 rings (SSSR count). The molecular weight excluding hydrogens is 454 g/mol. The van der Waals surface area contributed by atoms with Gasteiger partial charge in [-0.3, -0.25) is 4.79 Å². The van der Waals surface area contributed by atoms with Gasteiger partial charge in [0.05, 0.1) is 16.8 Å². The molecule has 0 amide bonds. The van der Waals surface area contributed by atoms with Crippen molar-refractivity contribution in [2.24, 2.45) is 0 Å². The van der Waals surface area contributed by atoms with Crippen molar-refractivity contribution in [3.05, 3.63) is 113 Å². The van der Waals surface area contributed by atoms with Gasteiger partial charge in [-0.05, 0) is 67.3 Å². The predicted octanol–water partition coefficient (Wildman–Crippen LogP) is 8.49. The zero-order valence-corrected chi connectivity index (χ0v) is 21.8. The van der Waals surface area contributed by atoms with E-state index in [1.807, 2.05) is 80.6 Å². The maximum Gasteiger partial charge on any atom is 0.163 e. The fourth-order valence-electron chi connectivity index (χ4n) is 3.71. The number of halogens is 1. The molecule has 0 atom stereocenters. The Balaban J connectivity index is 0.00000210. The monoisotopic (exact) mass is 487 g/mol. The molecule has 4 heteroatoms. The van der Waals surface area contributed by atoms with Gasteiger partial charge in [-0.25, -0.2) is 4.98 Å². The van der Waals surface area contributed by atoms with Gasteiger partial charge in [0, 0.05) is 22.4 Å². The number of rotatable bonds is 9. The summed E-state index contributed by atoms with van der Waals surface area (Å²) in [4.78, 5) is 17.5. The number of benzene rings is 2.